The second kappa shape index (κ2) is 4.06. The summed E-state index contributed by atoms with van der Waals surface area (Å²) in [4.78, 5) is 26.5. The SMILES string of the molecule is NCCC(=O)ON1CCCC1=O. The molecule has 68 valence electrons. The third-order valence-corrected chi connectivity index (χ3v) is 1.59. The molecule has 0 bridgehead atoms. The molecule has 1 heterocycles. The molecule has 0 spiro atoms. The number of hydrogen-bond donors (Lipinski definition) is 1. The summed E-state index contributed by atoms with van der Waals surface area (Å²) in [7, 11) is 0. The van der Waals surface area contributed by atoms with E-state index in [-0.39, 0.29) is 18.9 Å². The zero-order valence-corrected chi connectivity index (χ0v) is 6.78. The standard InChI is InChI=1S/C7H12N2O3/c8-4-3-7(11)12-9-5-1-2-6(9)10/h1-5,8H2. The highest BCUT2D eigenvalue weighted by Gasteiger charge is 2.23. The molecule has 0 aliphatic carbocycles. The van der Waals surface area contributed by atoms with Crippen LogP contribution >= 0.6 is 0 Å². The van der Waals surface area contributed by atoms with Gasteiger partial charge in [0.05, 0.1) is 13.0 Å². The van der Waals surface area contributed by atoms with Crippen molar-refractivity contribution in [2.75, 3.05) is 13.1 Å². The van der Waals surface area contributed by atoms with Crippen molar-refractivity contribution in [3.63, 3.8) is 0 Å². The number of rotatable bonds is 3. The topological polar surface area (TPSA) is 72.6 Å². The Kier molecular flexibility index (Phi) is 3.04. The predicted octanol–water partition coefficient (Wildman–Crippen LogP) is -0.584. The van der Waals surface area contributed by atoms with Gasteiger partial charge in [0.1, 0.15) is 0 Å². The number of hydroxylamine groups is 2. The molecule has 1 rings (SSSR count). The van der Waals surface area contributed by atoms with Gasteiger partial charge >= 0.3 is 5.97 Å². The summed E-state index contributed by atoms with van der Waals surface area (Å²) in [5.74, 6) is -0.562. The average Bonchev–Trinajstić information content (AvgIpc) is 2.37. The molecule has 0 aromatic heterocycles. The molecule has 1 aliphatic heterocycles. The highest BCUT2D eigenvalue weighted by atomic mass is 16.7. The van der Waals surface area contributed by atoms with Gasteiger partial charge in [0, 0.05) is 13.0 Å². The molecule has 2 N–H and O–H groups in total. The largest absolute Gasteiger partial charge is 0.338 e. The van der Waals surface area contributed by atoms with Gasteiger partial charge < -0.3 is 10.6 Å². The van der Waals surface area contributed by atoms with Crippen LogP contribution in [0, 0.1) is 0 Å². The summed E-state index contributed by atoms with van der Waals surface area (Å²) in [6.45, 7) is 0.760. The maximum absolute atomic E-state index is 10.9. The highest BCUT2D eigenvalue weighted by Crippen LogP contribution is 2.10. The minimum Gasteiger partial charge on any atom is -0.338 e. The summed E-state index contributed by atoms with van der Waals surface area (Å²) < 4.78 is 0. The zero-order chi connectivity index (χ0) is 8.97. The number of hydrogen-bond acceptors (Lipinski definition) is 4. The number of nitrogens with two attached hydrogens (primary N) is 1. The normalized spacial score (nSPS) is 16.8. The maximum atomic E-state index is 10.9. The molecule has 0 aromatic carbocycles. The molecular weight excluding hydrogens is 160 g/mol. The van der Waals surface area contributed by atoms with Crippen molar-refractivity contribution >= 4 is 11.9 Å². The Bertz CT molecular complexity index is 193. The predicted molar refractivity (Wildman–Crippen MR) is 40.7 cm³/mol. The number of carbonyl (C=O) groups excluding carboxylic acids is 2. The van der Waals surface area contributed by atoms with Crippen molar-refractivity contribution in [3.8, 4) is 0 Å². The van der Waals surface area contributed by atoms with Crippen molar-refractivity contribution in [3.05, 3.63) is 0 Å². The van der Waals surface area contributed by atoms with Gasteiger partial charge in [-0.2, -0.15) is 5.06 Å². The van der Waals surface area contributed by atoms with E-state index in [9.17, 15) is 9.59 Å². The molecule has 1 saturated heterocycles. The first kappa shape index (κ1) is 8.99. The molecule has 0 radical (unpaired) electrons. The van der Waals surface area contributed by atoms with E-state index in [0.29, 0.717) is 13.0 Å². The molecule has 1 aliphatic rings. The summed E-state index contributed by atoms with van der Waals surface area (Å²) in [5.41, 5.74) is 5.13. The summed E-state index contributed by atoms with van der Waals surface area (Å²) in [5, 5.41) is 1.11. The van der Waals surface area contributed by atoms with Gasteiger partial charge in [-0.1, -0.05) is 0 Å². The quantitative estimate of drug-likeness (QED) is 0.618. The Morgan fingerprint density at radius 3 is 2.92 bits per heavy atom. The van der Waals surface area contributed by atoms with E-state index in [1.54, 1.807) is 0 Å². The summed E-state index contributed by atoms with van der Waals surface area (Å²) in [6, 6.07) is 0. The lowest BCUT2D eigenvalue weighted by Gasteiger charge is -2.13. The molecule has 1 fully saturated rings. The summed E-state index contributed by atoms with van der Waals surface area (Å²) in [6.07, 6.45) is 1.38. The molecule has 0 aromatic rings. The van der Waals surface area contributed by atoms with Crippen molar-refractivity contribution in [1.29, 1.82) is 0 Å². The van der Waals surface area contributed by atoms with Crippen molar-refractivity contribution in [2.45, 2.75) is 19.3 Å². The van der Waals surface area contributed by atoms with Crippen LogP contribution in [0.25, 0.3) is 0 Å². The third-order valence-electron chi connectivity index (χ3n) is 1.59. The Balaban J connectivity index is 2.30. The minimum atomic E-state index is -0.437. The Hall–Kier alpha value is -1.10. The van der Waals surface area contributed by atoms with E-state index < -0.39 is 5.97 Å². The Labute approximate surface area is 70.4 Å². The van der Waals surface area contributed by atoms with Gasteiger partial charge in [0.15, 0.2) is 0 Å². The van der Waals surface area contributed by atoms with Crippen molar-refractivity contribution in [2.24, 2.45) is 5.73 Å². The molecule has 0 unspecified atom stereocenters. The average molecular weight is 172 g/mol. The fraction of sp³-hybridized carbons (Fsp3) is 0.714. The van der Waals surface area contributed by atoms with Crippen molar-refractivity contribution < 1.29 is 14.4 Å². The van der Waals surface area contributed by atoms with Gasteiger partial charge in [-0.15, -0.1) is 0 Å². The van der Waals surface area contributed by atoms with Gasteiger partial charge in [-0.25, -0.2) is 4.79 Å². The zero-order valence-electron chi connectivity index (χ0n) is 6.78. The van der Waals surface area contributed by atoms with Gasteiger partial charge in [0.25, 0.3) is 5.91 Å². The lowest BCUT2D eigenvalue weighted by atomic mass is 10.4. The van der Waals surface area contributed by atoms with Crippen LogP contribution in [0.1, 0.15) is 19.3 Å². The van der Waals surface area contributed by atoms with Crippen LogP contribution in [0.2, 0.25) is 0 Å². The first-order valence-corrected chi connectivity index (χ1v) is 3.95. The second-order valence-corrected chi connectivity index (χ2v) is 2.60. The summed E-state index contributed by atoms with van der Waals surface area (Å²) >= 11 is 0. The fourth-order valence-corrected chi connectivity index (χ4v) is 1.01. The first-order valence-electron chi connectivity index (χ1n) is 3.95. The molecule has 1 amide bonds. The Morgan fingerprint density at radius 2 is 2.42 bits per heavy atom. The van der Waals surface area contributed by atoms with Crippen LogP contribution in [0.3, 0.4) is 0 Å². The number of amides is 1. The first-order chi connectivity index (χ1) is 5.74. The minimum absolute atomic E-state index is 0.125. The fourth-order valence-electron chi connectivity index (χ4n) is 1.01. The highest BCUT2D eigenvalue weighted by molar-refractivity contribution is 5.79. The number of nitrogens with zero attached hydrogens (tertiary/aromatic N) is 1. The van der Waals surface area contributed by atoms with Crippen LogP contribution in [-0.4, -0.2) is 30.0 Å². The molecule has 5 heteroatoms. The van der Waals surface area contributed by atoms with E-state index in [1.807, 2.05) is 0 Å². The van der Waals surface area contributed by atoms with E-state index >= 15 is 0 Å². The van der Waals surface area contributed by atoms with Crippen LogP contribution in [0.5, 0.6) is 0 Å². The molecule has 5 nitrogen and oxygen atoms in total. The van der Waals surface area contributed by atoms with E-state index in [0.717, 1.165) is 11.5 Å². The second-order valence-electron chi connectivity index (χ2n) is 2.60. The lowest BCUT2D eigenvalue weighted by Crippen LogP contribution is -2.29. The van der Waals surface area contributed by atoms with Crippen LogP contribution in [-0.2, 0) is 14.4 Å². The monoisotopic (exact) mass is 172 g/mol. The van der Waals surface area contributed by atoms with Crippen LogP contribution in [0.15, 0.2) is 0 Å². The smallest absolute Gasteiger partial charge is 0.333 e. The molecule has 12 heavy (non-hydrogen) atoms. The Morgan fingerprint density at radius 1 is 1.67 bits per heavy atom. The van der Waals surface area contributed by atoms with E-state index in [4.69, 9.17) is 10.6 Å². The molecular formula is C7H12N2O3. The van der Waals surface area contributed by atoms with E-state index in [2.05, 4.69) is 0 Å². The lowest BCUT2D eigenvalue weighted by molar-refractivity contribution is -0.192. The van der Waals surface area contributed by atoms with Gasteiger partial charge in [-0.05, 0) is 6.42 Å². The van der Waals surface area contributed by atoms with Gasteiger partial charge in [-0.3, -0.25) is 4.79 Å². The molecule has 0 saturated carbocycles. The number of carbonyl (C=O) groups is 2. The van der Waals surface area contributed by atoms with Crippen molar-refractivity contribution in [1.82, 2.24) is 5.06 Å². The third kappa shape index (κ3) is 2.20. The van der Waals surface area contributed by atoms with Crippen LogP contribution < -0.4 is 5.73 Å². The van der Waals surface area contributed by atoms with E-state index in [1.165, 1.54) is 0 Å². The van der Waals surface area contributed by atoms with Gasteiger partial charge in [0.2, 0.25) is 0 Å². The maximum Gasteiger partial charge on any atom is 0.333 e. The van der Waals surface area contributed by atoms with Crippen LogP contribution in [0.4, 0.5) is 0 Å². The molecule has 0 atom stereocenters.